The lowest BCUT2D eigenvalue weighted by molar-refractivity contribution is -0.118. The third-order valence-electron chi connectivity index (χ3n) is 3.41. The van der Waals surface area contributed by atoms with Gasteiger partial charge in [-0.25, -0.2) is 4.98 Å². The summed E-state index contributed by atoms with van der Waals surface area (Å²) in [6.07, 6.45) is 0.417. The van der Waals surface area contributed by atoms with Crippen molar-refractivity contribution >= 4 is 16.9 Å². The molecule has 1 aromatic carbocycles. The molecule has 2 N–H and O–H groups in total. The molecule has 0 aliphatic carbocycles. The Balaban J connectivity index is 1.82. The van der Waals surface area contributed by atoms with Gasteiger partial charge in [0.05, 0.1) is 17.6 Å². The Labute approximate surface area is 105 Å². The van der Waals surface area contributed by atoms with E-state index in [9.17, 15) is 4.79 Å². The number of nitrogens with two attached hydrogens (primary N) is 1. The van der Waals surface area contributed by atoms with Crippen LogP contribution in [0.3, 0.4) is 0 Å². The van der Waals surface area contributed by atoms with Gasteiger partial charge in [-0.3, -0.25) is 9.69 Å². The zero-order valence-corrected chi connectivity index (χ0v) is 10.2. The second kappa shape index (κ2) is 4.42. The van der Waals surface area contributed by atoms with Gasteiger partial charge < -0.3 is 10.3 Å². The number of rotatable bonds is 3. The highest BCUT2D eigenvalue weighted by atomic mass is 16.1. The summed E-state index contributed by atoms with van der Waals surface area (Å²) in [5.41, 5.74) is 7.42. The third kappa shape index (κ3) is 1.97. The van der Waals surface area contributed by atoms with Crippen molar-refractivity contribution in [1.29, 1.82) is 0 Å². The Hall–Kier alpha value is -1.88. The highest BCUT2D eigenvalue weighted by Crippen LogP contribution is 2.20. The fourth-order valence-electron chi connectivity index (χ4n) is 2.48. The number of imidazole rings is 1. The van der Waals surface area contributed by atoms with Gasteiger partial charge in [0.25, 0.3) is 0 Å². The van der Waals surface area contributed by atoms with Crippen molar-refractivity contribution in [2.24, 2.45) is 5.73 Å². The molecule has 5 nitrogen and oxygen atoms in total. The molecule has 2 aromatic rings. The van der Waals surface area contributed by atoms with Crippen LogP contribution in [0.5, 0.6) is 0 Å². The maximum absolute atomic E-state index is 10.8. The standard InChI is InChI=1S/C13H16N4O/c14-12(18)5-6-16-7-8-17-11-4-2-1-3-10(11)15-13(17)9-16/h1-4H,5-9H2,(H2,14,18). The first-order chi connectivity index (χ1) is 8.74. The van der Waals surface area contributed by atoms with Gasteiger partial charge in [-0.1, -0.05) is 12.1 Å². The lowest BCUT2D eigenvalue weighted by atomic mass is 10.3. The van der Waals surface area contributed by atoms with E-state index in [0.29, 0.717) is 6.42 Å². The molecule has 0 spiro atoms. The summed E-state index contributed by atoms with van der Waals surface area (Å²) in [4.78, 5) is 17.7. The minimum absolute atomic E-state index is 0.242. The van der Waals surface area contributed by atoms with Crippen LogP contribution in [0.4, 0.5) is 0 Å². The van der Waals surface area contributed by atoms with Gasteiger partial charge in [0.2, 0.25) is 5.91 Å². The van der Waals surface area contributed by atoms with E-state index in [0.717, 1.165) is 37.5 Å². The predicted molar refractivity (Wildman–Crippen MR) is 68.8 cm³/mol. The summed E-state index contributed by atoms with van der Waals surface area (Å²) in [5.74, 6) is 0.834. The highest BCUT2D eigenvalue weighted by Gasteiger charge is 2.19. The fourth-order valence-corrected chi connectivity index (χ4v) is 2.48. The van der Waals surface area contributed by atoms with Gasteiger partial charge in [-0.15, -0.1) is 0 Å². The molecule has 3 rings (SSSR count). The molecule has 1 amide bonds. The molecule has 0 unspecified atom stereocenters. The van der Waals surface area contributed by atoms with Crippen LogP contribution in [0, 0.1) is 0 Å². The van der Waals surface area contributed by atoms with E-state index in [1.807, 2.05) is 18.2 Å². The molecule has 5 heteroatoms. The number of carbonyl (C=O) groups excluding carboxylic acids is 1. The van der Waals surface area contributed by atoms with E-state index < -0.39 is 0 Å². The van der Waals surface area contributed by atoms with E-state index in [2.05, 4.69) is 20.5 Å². The Bertz CT molecular complexity index is 590. The topological polar surface area (TPSA) is 64.2 Å². The highest BCUT2D eigenvalue weighted by molar-refractivity contribution is 5.76. The van der Waals surface area contributed by atoms with Crippen molar-refractivity contribution < 1.29 is 4.79 Å². The van der Waals surface area contributed by atoms with E-state index in [4.69, 9.17) is 5.73 Å². The number of nitrogens with zero attached hydrogens (tertiary/aromatic N) is 3. The second-order valence-corrected chi connectivity index (χ2v) is 4.66. The van der Waals surface area contributed by atoms with Crippen LogP contribution in [0.25, 0.3) is 11.0 Å². The molecule has 1 aliphatic rings. The van der Waals surface area contributed by atoms with Crippen molar-refractivity contribution in [3.8, 4) is 0 Å². The van der Waals surface area contributed by atoms with Gasteiger partial charge >= 0.3 is 0 Å². The van der Waals surface area contributed by atoms with E-state index in [1.165, 1.54) is 5.52 Å². The molecule has 1 aromatic heterocycles. The summed E-state index contributed by atoms with van der Waals surface area (Å²) in [6, 6.07) is 8.18. The molecule has 0 saturated heterocycles. The average molecular weight is 244 g/mol. The maximum atomic E-state index is 10.8. The number of para-hydroxylation sites is 2. The quantitative estimate of drug-likeness (QED) is 0.865. The molecule has 0 radical (unpaired) electrons. The molecule has 18 heavy (non-hydrogen) atoms. The minimum Gasteiger partial charge on any atom is -0.370 e. The average Bonchev–Trinajstić information content (AvgIpc) is 2.73. The minimum atomic E-state index is -0.242. The number of aromatic nitrogens is 2. The maximum Gasteiger partial charge on any atom is 0.218 e. The van der Waals surface area contributed by atoms with Crippen LogP contribution in [-0.2, 0) is 17.9 Å². The molecule has 94 valence electrons. The summed E-state index contributed by atoms with van der Waals surface area (Å²) in [6.45, 7) is 3.38. The van der Waals surface area contributed by atoms with Crippen LogP contribution in [-0.4, -0.2) is 33.4 Å². The first kappa shape index (κ1) is 11.2. The molecule has 0 saturated carbocycles. The zero-order valence-electron chi connectivity index (χ0n) is 10.2. The van der Waals surface area contributed by atoms with Gasteiger partial charge in [-0.2, -0.15) is 0 Å². The Morgan fingerprint density at radius 2 is 2.17 bits per heavy atom. The first-order valence-corrected chi connectivity index (χ1v) is 6.19. The summed E-state index contributed by atoms with van der Waals surface area (Å²) in [5, 5.41) is 0. The van der Waals surface area contributed by atoms with E-state index in [1.54, 1.807) is 0 Å². The largest absolute Gasteiger partial charge is 0.370 e. The smallest absolute Gasteiger partial charge is 0.218 e. The van der Waals surface area contributed by atoms with Crippen LogP contribution in [0.15, 0.2) is 24.3 Å². The van der Waals surface area contributed by atoms with Gasteiger partial charge in [0, 0.05) is 26.1 Å². The van der Waals surface area contributed by atoms with Gasteiger partial charge in [0.1, 0.15) is 5.82 Å². The lowest BCUT2D eigenvalue weighted by Gasteiger charge is -2.27. The summed E-state index contributed by atoms with van der Waals surface area (Å²) in [7, 11) is 0. The number of benzene rings is 1. The third-order valence-corrected chi connectivity index (χ3v) is 3.41. The van der Waals surface area contributed by atoms with Crippen LogP contribution >= 0.6 is 0 Å². The molecule has 1 aliphatic heterocycles. The summed E-state index contributed by atoms with van der Waals surface area (Å²) >= 11 is 0. The van der Waals surface area contributed by atoms with Crippen molar-refractivity contribution in [1.82, 2.24) is 14.5 Å². The number of hydrogen-bond donors (Lipinski definition) is 1. The van der Waals surface area contributed by atoms with Crippen molar-refractivity contribution in [3.63, 3.8) is 0 Å². The number of hydrogen-bond acceptors (Lipinski definition) is 3. The van der Waals surface area contributed by atoms with E-state index >= 15 is 0 Å². The monoisotopic (exact) mass is 244 g/mol. The molecule has 2 heterocycles. The van der Waals surface area contributed by atoms with Gasteiger partial charge in [0.15, 0.2) is 0 Å². The second-order valence-electron chi connectivity index (χ2n) is 4.66. The Kier molecular flexibility index (Phi) is 2.76. The lowest BCUT2D eigenvalue weighted by Crippen LogP contribution is -2.35. The predicted octanol–water partition coefficient (Wildman–Crippen LogP) is 0.727. The summed E-state index contributed by atoms with van der Waals surface area (Å²) < 4.78 is 2.26. The number of primary amides is 1. The number of amides is 1. The SMILES string of the molecule is NC(=O)CCN1CCn2c(nc3ccccc32)C1. The number of carbonyl (C=O) groups is 1. The zero-order chi connectivity index (χ0) is 12.5. The number of fused-ring (bicyclic) bond motifs is 3. The van der Waals surface area contributed by atoms with Crippen LogP contribution in [0.1, 0.15) is 12.2 Å². The van der Waals surface area contributed by atoms with Crippen molar-refractivity contribution in [2.45, 2.75) is 19.5 Å². The normalized spacial score (nSPS) is 15.8. The van der Waals surface area contributed by atoms with Gasteiger partial charge in [-0.05, 0) is 12.1 Å². The Morgan fingerprint density at radius 3 is 3.00 bits per heavy atom. The molecule has 0 atom stereocenters. The van der Waals surface area contributed by atoms with Crippen molar-refractivity contribution in [3.05, 3.63) is 30.1 Å². The van der Waals surface area contributed by atoms with Crippen LogP contribution in [0.2, 0.25) is 0 Å². The van der Waals surface area contributed by atoms with Crippen molar-refractivity contribution in [2.75, 3.05) is 13.1 Å². The van der Waals surface area contributed by atoms with Crippen LogP contribution < -0.4 is 5.73 Å². The molecular weight excluding hydrogens is 228 g/mol. The molecule has 0 fully saturated rings. The molecule has 0 bridgehead atoms. The first-order valence-electron chi connectivity index (χ1n) is 6.19. The fraction of sp³-hybridized carbons (Fsp3) is 0.385. The Morgan fingerprint density at radius 1 is 1.33 bits per heavy atom. The molecular formula is C13H16N4O. The van der Waals surface area contributed by atoms with E-state index in [-0.39, 0.29) is 5.91 Å².